The molecule has 1 unspecified atom stereocenters. The Morgan fingerprint density at radius 1 is 0.609 bits per heavy atom. The summed E-state index contributed by atoms with van der Waals surface area (Å²) in [6, 6.07) is 0.715. The van der Waals surface area contributed by atoms with E-state index in [0.717, 1.165) is 0 Å². The van der Waals surface area contributed by atoms with E-state index in [2.05, 4.69) is 54.2 Å². The van der Waals surface area contributed by atoms with E-state index in [1.807, 2.05) is 0 Å². The number of hydrogen-bond donors (Lipinski definition) is 0. The van der Waals surface area contributed by atoms with Crippen LogP contribution in [0.4, 0.5) is 0 Å². The summed E-state index contributed by atoms with van der Waals surface area (Å²) in [5, 5.41) is 0. The van der Waals surface area contributed by atoms with Crippen LogP contribution >= 0.6 is 0 Å². The molecule has 0 spiro atoms. The van der Waals surface area contributed by atoms with Gasteiger partial charge in [0, 0.05) is 58.4 Å². The monoisotopic (exact) mass is 326 g/mol. The zero-order chi connectivity index (χ0) is 17.1. The molecule has 0 aliphatic carbocycles. The first-order chi connectivity index (χ1) is 11.1. The first kappa shape index (κ1) is 20.9. The van der Waals surface area contributed by atoms with Gasteiger partial charge in [-0.05, 0) is 33.0 Å². The van der Waals surface area contributed by atoms with E-state index in [9.17, 15) is 0 Å². The Labute approximate surface area is 145 Å². The van der Waals surface area contributed by atoms with Crippen molar-refractivity contribution in [2.75, 3.05) is 72.0 Å². The Balaban J connectivity index is 2.69. The fourth-order valence-electron chi connectivity index (χ4n) is 3.54. The highest BCUT2D eigenvalue weighted by Gasteiger charge is 2.17. The van der Waals surface area contributed by atoms with Crippen molar-refractivity contribution in [3.05, 3.63) is 0 Å². The molecule has 0 aromatic rings. The maximum Gasteiger partial charge on any atom is 0.0113 e. The lowest BCUT2D eigenvalue weighted by Crippen LogP contribution is -2.47. The molecule has 1 rings (SSSR count). The molecule has 0 radical (unpaired) electrons. The average Bonchev–Trinajstić information content (AvgIpc) is 2.55. The van der Waals surface area contributed by atoms with Crippen LogP contribution in [0.15, 0.2) is 0 Å². The molecule has 0 bridgehead atoms. The highest BCUT2D eigenvalue weighted by Crippen LogP contribution is 2.08. The average molecular weight is 327 g/mol. The third-order valence-electron chi connectivity index (χ3n) is 5.54. The third kappa shape index (κ3) is 7.97. The summed E-state index contributed by atoms with van der Waals surface area (Å²) in [5.74, 6) is 0. The van der Waals surface area contributed by atoms with Gasteiger partial charge in [0.25, 0.3) is 0 Å². The molecule has 1 saturated heterocycles. The van der Waals surface area contributed by atoms with Crippen molar-refractivity contribution in [3.8, 4) is 0 Å². The van der Waals surface area contributed by atoms with Crippen molar-refractivity contribution >= 4 is 0 Å². The summed E-state index contributed by atoms with van der Waals surface area (Å²) in [5.41, 5.74) is 0. The van der Waals surface area contributed by atoms with E-state index in [0.29, 0.717) is 6.04 Å². The van der Waals surface area contributed by atoms with Gasteiger partial charge in [0.15, 0.2) is 0 Å². The van der Waals surface area contributed by atoms with Gasteiger partial charge < -0.3 is 14.7 Å². The molecule has 1 aliphatic rings. The number of likely N-dealkylation sites (N-methyl/N-ethyl adjacent to an activating group) is 3. The second kappa shape index (κ2) is 12.2. The molecule has 0 amide bonds. The second-order valence-electron chi connectivity index (χ2n) is 6.98. The first-order valence-corrected chi connectivity index (χ1v) is 10.1. The van der Waals surface area contributed by atoms with Gasteiger partial charge in [-0.2, -0.15) is 0 Å². The molecule has 138 valence electrons. The van der Waals surface area contributed by atoms with Gasteiger partial charge in [-0.15, -0.1) is 0 Å². The number of nitrogens with zero attached hydrogens (tertiary/aromatic N) is 4. The third-order valence-corrected chi connectivity index (χ3v) is 5.54. The van der Waals surface area contributed by atoms with E-state index < -0.39 is 0 Å². The van der Waals surface area contributed by atoms with Gasteiger partial charge in [-0.3, -0.25) is 4.90 Å². The van der Waals surface area contributed by atoms with Crippen LogP contribution in [0.1, 0.15) is 47.5 Å². The molecule has 0 aromatic carbocycles. The molecule has 4 nitrogen and oxygen atoms in total. The van der Waals surface area contributed by atoms with Gasteiger partial charge in [-0.25, -0.2) is 0 Å². The molecular formula is C19H42N4. The minimum absolute atomic E-state index is 0.715. The van der Waals surface area contributed by atoms with Gasteiger partial charge in [0.2, 0.25) is 0 Å². The Kier molecular flexibility index (Phi) is 11.1. The van der Waals surface area contributed by atoms with Crippen LogP contribution in [-0.4, -0.2) is 97.6 Å². The molecule has 0 saturated carbocycles. The standard InChI is InChI=1S/C19H42N4/c1-6-10-19(5)23-17-15-21(8-3)13-11-20(7-2)12-14-22(9-4)16-18-23/h19H,6-18H2,1-5H3. The van der Waals surface area contributed by atoms with E-state index in [4.69, 9.17) is 0 Å². The van der Waals surface area contributed by atoms with Crippen molar-refractivity contribution in [1.82, 2.24) is 19.6 Å². The molecule has 4 heteroatoms. The lowest BCUT2D eigenvalue weighted by atomic mass is 10.1. The Bertz CT molecular complexity index is 265. The van der Waals surface area contributed by atoms with Crippen molar-refractivity contribution in [2.45, 2.75) is 53.5 Å². The SMILES string of the molecule is CCCC(C)N1CCN(CC)CCN(CC)CCN(CC)CC1. The van der Waals surface area contributed by atoms with Crippen molar-refractivity contribution in [3.63, 3.8) is 0 Å². The lowest BCUT2D eigenvalue weighted by Gasteiger charge is -2.35. The zero-order valence-corrected chi connectivity index (χ0v) is 16.6. The van der Waals surface area contributed by atoms with Gasteiger partial charge >= 0.3 is 0 Å². The highest BCUT2D eigenvalue weighted by atomic mass is 15.3. The second-order valence-corrected chi connectivity index (χ2v) is 6.98. The molecule has 1 aliphatic heterocycles. The molecule has 23 heavy (non-hydrogen) atoms. The summed E-state index contributed by atoms with van der Waals surface area (Å²) in [4.78, 5) is 10.6. The van der Waals surface area contributed by atoms with E-state index in [1.54, 1.807) is 0 Å². The summed E-state index contributed by atoms with van der Waals surface area (Å²) in [6.07, 6.45) is 2.61. The van der Waals surface area contributed by atoms with Crippen LogP contribution in [0, 0.1) is 0 Å². The molecule has 1 atom stereocenters. The van der Waals surface area contributed by atoms with Crippen LogP contribution in [0.3, 0.4) is 0 Å². The topological polar surface area (TPSA) is 13.0 Å². The summed E-state index contributed by atoms with van der Waals surface area (Å²) >= 11 is 0. The van der Waals surface area contributed by atoms with Gasteiger partial charge in [-0.1, -0.05) is 34.1 Å². The number of hydrogen-bond acceptors (Lipinski definition) is 4. The van der Waals surface area contributed by atoms with Crippen LogP contribution in [0.2, 0.25) is 0 Å². The molecule has 1 heterocycles. The minimum Gasteiger partial charge on any atom is -0.301 e. The van der Waals surface area contributed by atoms with Crippen molar-refractivity contribution in [2.24, 2.45) is 0 Å². The fourth-order valence-corrected chi connectivity index (χ4v) is 3.54. The largest absolute Gasteiger partial charge is 0.301 e. The van der Waals surface area contributed by atoms with Crippen LogP contribution in [-0.2, 0) is 0 Å². The van der Waals surface area contributed by atoms with Gasteiger partial charge in [0.1, 0.15) is 0 Å². The quantitative estimate of drug-likeness (QED) is 0.743. The van der Waals surface area contributed by atoms with E-state index in [-0.39, 0.29) is 0 Å². The predicted octanol–water partition coefficient (Wildman–Crippen LogP) is 2.46. The maximum absolute atomic E-state index is 2.73. The first-order valence-electron chi connectivity index (χ1n) is 10.1. The summed E-state index contributed by atoms with van der Waals surface area (Å²) in [6.45, 7) is 24.9. The van der Waals surface area contributed by atoms with Crippen LogP contribution in [0.5, 0.6) is 0 Å². The zero-order valence-electron chi connectivity index (χ0n) is 16.6. The molecule has 0 N–H and O–H groups in total. The van der Waals surface area contributed by atoms with Crippen LogP contribution < -0.4 is 0 Å². The van der Waals surface area contributed by atoms with E-state index >= 15 is 0 Å². The number of rotatable bonds is 6. The Morgan fingerprint density at radius 2 is 0.957 bits per heavy atom. The predicted molar refractivity (Wildman–Crippen MR) is 102 cm³/mol. The van der Waals surface area contributed by atoms with E-state index in [1.165, 1.54) is 84.8 Å². The maximum atomic E-state index is 2.73. The highest BCUT2D eigenvalue weighted by molar-refractivity contribution is 4.74. The fraction of sp³-hybridized carbons (Fsp3) is 1.00. The normalized spacial score (nSPS) is 23.3. The summed E-state index contributed by atoms with van der Waals surface area (Å²) in [7, 11) is 0. The van der Waals surface area contributed by atoms with Crippen molar-refractivity contribution in [1.29, 1.82) is 0 Å². The Morgan fingerprint density at radius 3 is 1.26 bits per heavy atom. The molecule has 1 fully saturated rings. The molecular weight excluding hydrogens is 284 g/mol. The van der Waals surface area contributed by atoms with Gasteiger partial charge in [0.05, 0.1) is 0 Å². The lowest BCUT2D eigenvalue weighted by molar-refractivity contribution is 0.117. The Hall–Kier alpha value is -0.160. The van der Waals surface area contributed by atoms with Crippen LogP contribution in [0.25, 0.3) is 0 Å². The van der Waals surface area contributed by atoms with Crippen molar-refractivity contribution < 1.29 is 0 Å². The smallest absolute Gasteiger partial charge is 0.0113 e. The molecule has 0 aromatic heterocycles. The minimum atomic E-state index is 0.715. The summed E-state index contributed by atoms with van der Waals surface area (Å²) < 4.78 is 0.